The van der Waals surface area contributed by atoms with Gasteiger partial charge in [-0.3, -0.25) is 4.79 Å². The van der Waals surface area contributed by atoms with Crippen LogP contribution in [0.4, 0.5) is 4.39 Å². The van der Waals surface area contributed by atoms with Crippen molar-refractivity contribution in [2.75, 3.05) is 0 Å². The molecule has 1 aromatic heterocycles. The van der Waals surface area contributed by atoms with Crippen molar-refractivity contribution in [3.63, 3.8) is 0 Å². The minimum absolute atomic E-state index is 0.0556. The number of aromatic nitrogens is 1. The zero-order valence-electron chi connectivity index (χ0n) is 8.19. The van der Waals surface area contributed by atoms with E-state index in [0.29, 0.717) is 5.92 Å². The molecule has 1 aromatic rings. The lowest BCUT2D eigenvalue weighted by Crippen LogP contribution is -2.08. The van der Waals surface area contributed by atoms with E-state index in [1.54, 1.807) is 6.07 Å². The highest BCUT2D eigenvalue weighted by atomic mass is 19.1. The van der Waals surface area contributed by atoms with E-state index in [4.69, 9.17) is 5.11 Å². The molecule has 1 aliphatic rings. The number of carboxylic acid groups (broad SMARTS) is 1. The monoisotopic (exact) mass is 209 g/mol. The Hall–Kier alpha value is -1.45. The molecular weight excluding hydrogens is 197 g/mol. The van der Waals surface area contributed by atoms with Gasteiger partial charge in [-0.05, 0) is 42.4 Å². The third-order valence-electron chi connectivity index (χ3n) is 2.76. The molecule has 1 fully saturated rings. The van der Waals surface area contributed by atoms with Crippen LogP contribution in [-0.2, 0) is 4.79 Å². The van der Waals surface area contributed by atoms with Gasteiger partial charge in [-0.2, -0.15) is 4.39 Å². The fourth-order valence-corrected chi connectivity index (χ4v) is 1.89. The maximum Gasteiger partial charge on any atom is 0.303 e. The number of aliphatic carboxylic acids is 1. The smallest absolute Gasteiger partial charge is 0.303 e. The Bertz CT molecular complexity index is 377. The van der Waals surface area contributed by atoms with E-state index in [9.17, 15) is 9.18 Å². The first-order valence-corrected chi connectivity index (χ1v) is 5.00. The quantitative estimate of drug-likeness (QED) is 0.773. The van der Waals surface area contributed by atoms with E-state index in [-0.39, 0.29) is 12.3 Å². The molecule has 15 heavy (non-hydrogen) atoms. The van der Waals surface area contributed by atoms with Gasteiger partial charge in [-0.1, -0.05) is 0 Å². The molecule has 0 radical (unpaired) electrons. The molecule has 1 saturated carbocycles. The highest BCUT2D eigenvalue weighted by molar-refractivity contribution is 5.68. The Morgan fingerprint density at radius 3 is 2.93 bits per heavy atom. The molecule has 0 bridgehead atoms. The first-order chi connectivity index (χ1) is 7.16. The molecule has 1 aliphatic carbocycles. The van der Waals surface area contributed by atoms with Crippen molar-refractivity contribution in [1.29, 1.82) is 0 Å². The van der Waals surface area contributed by atoms with Gasteiger partial charge in [-0.15, -0.1) is 0 Å². The second-order valence-corrected chi connectivity index (χ2v) is 3.95. The van der Waals surface area contributed by atoms with Crippen molar-refractivity contribution >= 4 is 5.97 Å². The molecule has 4 heteroatoms. The van der Waals surface area contributed by atoms with Gasteiger partial charge in [0, 0.05) is 6.20 Å². The Labute approximate surface area is 87.0 Å². The summed E-state index contributed by atoms with van der Waals surface area (Å²) in [6, 6.07) is 3.04. The van der Waals surface area contributed by atoms with Crippen LogP contribution in [0.1, 0.15) is 30.7 Å². The molecule has 2 rings (SSSR count). The van der Waals surface area contributed by atoms with Crippen molar-refractivity contribution in [2.45, 2.75) is 25.2 Å². The number of carboxylic acids is 1. The predicted octanol–water partition coefficient (Wildman–Crippen LogP) is 2.19. The third kappa shape index (κ3) is 2.52. The van der Waals surface area contributed by atoms with Crippen molar-refractivity contribution in [2.24, 2.45) is 5.92 Å². The number of hydrogen-bond donors (Lipinski definition) is 1. The van der Waals surface area contributed by atoms with Gasteiger partial charge in [-0.25, -0.2) is 4.98 Å². The Balaban J connectivity index is 2.19. The highest BCUT2D eigenvalue weighted by Gasteiger charge is 2.33. The molecule has 0 aromatic carbocycles. The Morgan fingerprint density at radius 2 is 2.40 bits per heavy atom. The number of pyridine rings is 1. The molecule has 1 N–H and O–H groups in total. The number of nitrogens with zero attached hydrogens (tertiary/aromatic N) is 1. The van der Waals surface area contributed by atoms with Gasteiger partial charge >= 0.3 is 5.97 Å². The number of hydrogen-bond acceptors (Lipinski definition) is 2. The summed E-state index contributed by atoms with van der Waals surface area (Å²) in [6.07, 6.45) is 3.56. The van der Waals surface area contributed by atoms with E-state index in [1.807, 2.05) is 0 Å². The van der Waals surface area contributed by atoms with Gasteiger partial charge in [0.15, 0.2) is 0 Å². The summed E-state index contributed by atoms with van der Waals surface area (Å²) in [4.78, 5) is 14.2. The summed E-state index contributed by atoms with van der Waals surface area (Å²) in [7, 11) is 0. The van der Waals surface area contributed by atoms with Crippen LogP contribution in [0, 0.1) is 11.9 Å². The van der Waals surface area contributed by atoms with Crippen LogP contribution in [-0.4, -0.2) is 16.1 Å². The van der Waals surface area contributed by atoms with Gasteiger partial charge in [0.1, 0.15) is 0 Å². The van der Waals surface area contributed by atoms with Crippen LogP contribution < -0.4 is 0 Å². The SMILES string of the molecule is O=C(O)C[C@H](c1ccnc(F)c1)C1CC1. The van der Waals surface area contributed by atoms with E-state index in [0.717, 1.165) is 18.4 Å². The standard InChI is InChI=1S/C11H12FNO2/c12-10-5-8(3-4-13-10)9(6-11(14)15)7-1-2-7/h3-5,7,9H,1-2,6H2,(H,14,15)/t9-/m0/s1. The fourth-order valence-electron chi connectivity index (χ4n) is 1.89. The number of halogens is 1. The van der Waals surface area contributed by atoms with E-state index in [1.165, 1.54) is 12.3 Å². The molecule has 80 valence electrons. The lowest BCUT2D eigenvalue weighted by atomic mass is 9.92. The first-order valence-electron chi connectivity index (χ1n) is 5.00. The van der Waals surface area contributed by atoms with Crippen molar-refractivity contribution < 1.29 is 14.3 Å². The molecule has 3 nitrogen and oxygen atoms in total. The van der Waals surface area contributed by atoms with Gasteiger partial charge in [0.2, 0.25) is 5.95 Å². The number of rotatable bonds is 4. The van der Waals surface area contributed by atoms with E-state index < -0.39 is 11.9 Å². The minimum Gasteiger partial charge on any atom is -0.481 e. The molecule has 1 atom stereocenters. The predicted molar refractivity (Wildman–Crippen MR) is 51.9 cm³/mol. The van der Waals surface area contributed by atoms with Crippen LogP contribution in [0.3, 0.4) is 0 Å². The fraction of sp³-hybridized carbons (Fsp3) is 0.455. The lowest BCUT2D eigenvalue weighted by molar-refractivity contribution is -0.137. The summed E-state index contributed by atoms with van der Waals surface area (Å²) < 4.78 is 12.9. The zero-order valence-corrected chi connectivity index (χ0v) is 8.19. The topological polar surface area (TPSA) is 50.2 Å². The van der Waals surface area contributed by atoms with Crippen molar-refractivity contribution in [3.8, 4) is 0 Å². The molecule has 0 aliphatic heterocycles. The van der Waals surface area contributed by atoms with Gasteiger partial charge in [0.05, 0.1) is 6.42 Å². The molecular formula is C11H12FNO2. The molecule has 1 heterocycles. The summed E-state index contributed by atoms with van der Waals surface area (Å²) in [5, 5.41) is 8.78. The highest BCUT2D eigenvalue weighted by Crippen LogP contribution is 2.44. The second kappa shape index (κ2) is 3.96. The Morgan fingerprint density at radius 1 is 1.67 bits per heavy atom. The van der Waals surface area contributed by atoms with Crippen LogP contribution in [0.25, 0.3) is 0 Å². The van der Waals surface area contributed by atoms with E-state index >= 15 is 0 Å². The largest absolute Gasteiger partial charge is 0.481 e. The van der Waals surface area contributed by atoms with Crippen LogP contribution in [0.5, 0.6) is 0 Å². The first kappa shape index (κ1) is 10.1. The minimum atomic E-state index is -0.830. The van der Waals surface area contributed by atoms with Gasteiger partial charge < -0.3 is 5.11 Å². The summed E-state index contributed by atoms with van der Waals surface area (Å²) in [6.45, 7) is 0. The molecule has 0 amide bonds. The molecule has 0 unspecified atom stereocenters. The average molecular weight is 209 g/mol. The summed E-state index contributed by atoms with van der Waals surface area (Å²) in [5.41, 5.74) is 0.757. The summed E-state index contributed by atoms with van der Waals surface area (Å²) >= 11 is 0. The van der Waals surface area contributed by atoms with Crippen LogP contribution in [0.15, 0.2) is 18.3 Å². The normalized spacial score (nSPS) is 17.4. The number of carbonyl (C=O) groups is 1. The maximum absolute atomic E-state index is 12.9. The summed E-state index contributed by atoms with van der Waals surface area (Å²) in [5.74, 6) is -1.02. The zero-order chi connectivity index (χ0) is 10.8. The van der Waals surface area contributed by atoms with E-state index in [2.05, 4.69) is 4.98 Å². The van der Waals surface area contributed by atoms with Crippen molar-refractivity contribution in [3.05, 3.63) is 29.8 Å². The van der Waals surface area contributed by atoms with Crippen LogP contribution >= 0.6 is 0 Å². The third-order valence-corrected chi connectivity index (χ3v) is 2.76. The average Bonchev–Trinajstić information content (AvgIpc) is 2.97. The molecule has 0 saturated heterocycles. The molecule has 0 spiro atoms. The second-order valence-electron chi connectivity index (χ2n) is 3.95. The van der Waals surface area contributed by atoms with Crippen molar-refractivity contribution in [1.82, 2.24) is 4.98 Å². The van der Waals surface area contributed by atoms with Gasteiger partial charge in [0.25, 0.3) is 0 Å². The lowest BCUT2D eigenvalue weighted by Gasteiger charge is -2.13. The van der Waals surface area contributed by atoms with Crippen LogP contribution in [0.2, 0.25) is 0 Å². The maximum atomic E-state index is 12.9. The Kier molecular flexibility index (Phi) is 2.66.